The molecule has 540 valence electrons. The van der Waals surface area contributed by atoms with E-state index in [1.54, 1.807) is 50.4 Å². The minimum Gasteiger partial charge on any atom is -0.506 e. The Labute approximate surface area is 603 Å². The van der Waals surface area contributed by atoms with Gasteiger partial charge in [-0.1, -0.05) is 12.1 Å². The number of nitrogens with zero attached hydrogens (tertiary/aromatic N) is 9. The summed E-state index contributed by atoms with van der Waals surface area (Å²) >= 11 is 5.07. The average Bonchev–Trinajstić information content (AvgIpc) is 1.58. The van der Waals surface area contributed by atoms with Crippen molar-refractivity contribution in [1.82, 2.24) is 71.0 Å². The molecule has 5 aliphatic heterocycles. The van der Waals surface area contributed by atoms with Crippen molar-refractivity contribution >= 4 is 109 Å². The highest BCUT2D eigenvalue weighted by Crippen LogP contribution is 2.43. The lowest BCUT2D eigenvalue weighted by Crippen LogP contribution is -2.62. The minimum atomic E-state index is -1.89. The Bertz CT molecular complexity index is 4570. The lowest BCUT2D eigenvalue weighted by Gasteiger charge is -2.48. The molecule has 4 amide bonds. The van der Waals surface area contributed by atoms with Crippen molar-refractivity contribution in [2.24, 2.45) is 0 Å². The minimum absolute atomic E-state index is 0.0120. The Morgan fingerprint density at radius 1 is 0.843 bits per heavy atom. The maximum atomic E-state index is 15.2. The van der Waals surface area contributed by atoms with Crippen LogP contribution < -0.4 is 26.6 Å². The smallest absolute Gasteiger partial charge is 0.358 e. The molecule has 5 aliphatic rings. The van der Waals surface area contributed by atoms with Gasteiger partial charge in [0.1, 0.15) is 114 Å². The van der Waals surface area contributed by atoms with Crippen molar-refractivity contribution in [2.75, 3.05) is 60.7 Å². The number of aromatic nitrogens is 7. The molecule has 1 aromatic carbocycles. The summed E-state index contributed by atoms with van der Waals surface area (Å²) < 4.78 is 44.1. The predicted octanol–water partition coefficient (Wildman–Crippen LogP) is 5.36. The molecule has 7 aromatic heterocycles. The number of morpholine rings is 1. The number of rotatable bonds is 11. The van der Waals surface area contributed by atoms with E-state index in [9.17, 15) is 30.1 Å². The Morgan fingerprint density at radius 2 is 1.52 bits per heavy atom. The number of likely N-dealkylation sites (N-methyl/N-ethyl adjacent to an activating group) is 1. The number of allylic oxidation sites excluding steroid dienone is 1. The first-order valence-electron chi connectivity index (χ1n) is 32.5. The second-order valence-electron chi connectivity index (χ2n) is 26.2. The molecule has 10 atom stereocenters. The summed E-state index contributed by atoms with van der Waals surface area (Å²) in [6.07, 6.45) is -7.40. The van der Waals surface area contributed by atoms with Crippen LogP contribution in [-0.2, 0) is 62.5 Å². The summed E-state index contributed by atoms with van der Waals surface area (Å²) in [7, 11) is 4.90. The fraction of sp³-hybridized carbons (Fsp3) is 0.455. The normalized spacial score (nSPS) is 25.0. The van der Waals surface area contributed by atoms with Crippen LogP contribution in [0.1, 0.15) is 134 Å². The quantitative estimate of drug-likeness (QED) is 0.0447. The summed E-state index contributed by atoms with van der Waals surface area (Å²) in [5, 5.41) is 70.7. The first kappa shape index (κ1) is 72.0. The van der Waals surface area contributed by atoms with E-state index in [1.807, 2.05) is 5.38 Å². The number of ether oxygens (including phenoxy) is 7. The van der Waals surface area contributed by atoms with Crippen LogP contribution in [-0.4, -0.2) is 215 Å². The molecule has 0 aliphatic carbocycles. The molecule has 12 bridgehead atoms. The molecular weight excluding hydrogens is 1420 g/mol. The molecule has 31 nitrogen and oxygen atoms in total. The fourth-order valence-corrected chi connectivity index (χ4v) is 17.5. The maximum absolute atomic E-state index is 15.2. The molecule has 10 unspecified atom stereocenters. The highest BCUT2D eigenvalue weighted by atomic mass is 32.1. The van der Waals surface area contributed by atoms with E-state index in [2.05, 4.69) is 55.3 Å². The van der Waals surface area contributed by atoms with Crippen molar-refractivity contribution < 1.29 is 82.5 Å². The number of aromatic hydroxyl groups is 1. The van der Waals surface area contributed by atoms with Gasteiger partial charge in [-0.3, -0.25) is 24.1 Å². The molecule has 0 spiro atoms. The van der Waals surface area contributed by atoms with Crippen LogP contribution in [0.5, 0.6) is 5.75 Å². The number of aliphatic hydroxyl groups excluding tert-OH is 1. The number of carbonyl (C=O) groups excluding carboxylic acids is 6. The van der Waals surface area contributed by atoms with E-state index in [0.717, 1.165) is 58.4 Å². The Balaban J connectivity index is 0.955. The van der Waals surface area contributed by atoms with Gasteiger partial charge >= 0.3 is 11.9 Å². The average molecular weight is 1500 g/mol. The highest BCUT2D eigenvalue weighted by Gasteiger charge is 2.50. The molecule has 2 fully saturated rings. The lowest BCUT2D eigenvalue weighted by molar-refractivity contribution is -0.280. The third kappa shape index (κ3) is 14.5. The topological polar surface area (TPSA) is 397 Å². The first-order chi connectivity index (χ1) is 48.7. The van der Waals surface area contributed by atoms with E-state index in [1.165, 1.54) is 60.6 Å². The van der Waals surface area contributed by atoms with Gasteiger partial charge in [0.2, 0.25) is 5.91 Å². The van der Waals surface area contributed by atoms with E-state index >= 15 is 19.2 Å². The predicted molar refractivity (Wildman–Crippen MR) is 372 cm³/mol. The van der Waals surface area contributed by atoms with Crippen molar-refractivity contribution in [2.45, 2.75) is 134 Å². The number of hydrogen-bond acceptors (Lipinski definition) is 31. The van der Waals surface area contributed by atoms with Gasteiger partial charge in [-0.15, -0.1) is 56.7 Å². The number of nitrogens with one attached hydrogen (secondary N) is 5. The molecule has 0 saturated carbocycles. The van der Waals surface area contributed by atoms with E-state index in [0.29, 0.717) is 47.3 Å². The Morgan fingerprint density at radius 3 is 2.25 bits per heavy atom. The number of fused-ring (bicyclic) bond motifs is 15. The second-order valence-corrected chi connectivity index (χ2v) is 30.5. The number of benzene rings is 1. The molecule has 102 heavy (non-hydrogen) atoms. The zero-order valence-electron chi connectivity index (χ0n) is 56.6. The lowest BCUT2D eigenvalue weighted by atomic mass is 9.85. The van der Waals surface area contributed by atoms with Gasteiger partial charge in [0.05, 0.1) is 62.0 Å². The van der Waals surface area contributed by atoms with Gasteiger partial charge in [0.25, 0.3) is 17.7 Å². The highest BCUT2D eigenvalue weighted by molar-refractivity contribution is 7.14. The number of amides is 4. The van der Waals surface area contributed by atoms with Gasteiger partial charge in [0.15, 0.2) is 18.1 Å². The number of thiazole rings is 5. The third-order valence-electron chi connectivity index (χ3n) is 18.3. The van der Waals surface area contributed by atoms with E-state index < -0.39 is 122 Å². The molecular formula is C66H74N14O17S5. The Hall–Kier alpha value is -8.34. The van der Waals surface area contributed by atoms with Crippen LogP contribution in [0.4, 0.5) is 0 Å². The third-order valence-corrected chi connectivity index (χ3v) is 22.8. The van der Waals surface area contributed by atoms with Gasteiger partial charge in [-0.05, 0) is 73.3 Å². The van der Waals surface area contributed by atoms with Gasteiger partial charge in [-0.25, -0.2) is 39.5 Å². The number of pyridine rings is 1. The van der Waals surface area contributed by atoms with Gasteiger partial charge < -0.3 is 85.2 Å². The molecule has 13 rings (SSSR count). The zero-order valence-corrected chi connectivity index (χ0v) is 60.7. The van der Waals surface area contributed by atoms with Gasteiger partial charge in [-0.2, -0.15) is 4.73 Å². The summed E-state index contributed by atoms with van der Waals surface area (Å²) in [6.45, 7) is 12.7. The molecule has 12 heterocycles. The van der Waals surface area contributed by atoms with Crippen molar-refractivity contribution in [3.63, 3.8) is 0 Å². The molecule has 0 radical (unpaired) electrons. The van der Waals surface area contributed by atoms with Crippen molar-refractivity contribution in [3.05, 3.63) is 112 Å². The summed E-state index contributed by atoms with van der Waals surface area (Å²) in [6, 6.07) is 1.05. The maximum Gasteiger partial charge on any atom is 0.358 e. The largest absolute Gasteiger partial charge is 0.506 e. The van der Waals surface area contributed by atoms with Crippen molar-refractivity contribution in [1.29, 1.82) is 0 Å². The van der Waals surface area contributed by atoms with Gasteiger partial charge in [0, 0.05) is 81.6 Å². The summed E-state index contributed by atoms with van der Waals surface area (Å²) in [4.78, 5) is 123. The van der Waals surface area contributed by atoms with Crippen molar-refractivity contribution in [3.8, 4) is 38.4 Å². The number of aliphatic hydroxyl groups is 2. The van der Waals surface area contributed by atoms with Crippen LogP contribution in [0.25, 0.3) is 49.3 Å². The number of carbonyl (C=O) groups is 6. The van der Waals surface area contributed by atoms with Crippen LogP contribution in [0.2, 0.25) is 0 Å². The summed E-state index contributed by atoms with van der Waals surface area (Å²) in [5.74, 6) is -5.92. The van der Waals surface area contributed by atoms with Crippen LogP contribution in [0.3, 0.4) is 0 Å². The van der Waals surface area contributed by atoms with E-state index in [4.69, 9.17) is 53.1 Å². The second kappa shape index (κ2) is 29.4. The molecule has 9 N–H and O–H groups in total. The molecule has 8 aromatic rings. The molecule has 36 heteroatoms. The summed E-state index contributed by atoms with van der Waals surface area (Å²) in [5.41, 5.74) is -1.15. The monoisotopic (exact) mass is 1490 g/mol. The fourth-order valence-electron chi connectivity index (χ4n) is 13.3. The number of hydrogen-bond donors (Lipinski definition) is 9. The van der Waals surface area contributed by atoms with Crippen LogP contribution in [0, 0.1) is 0 Å². The number of esters is 2. The van der Waals surface area contributed by atoms with Crippen LogP contribution >= 0.6 is 56.7 Å². The number of cyclic esters (lactones) is 2. The van der Waals surface area contributed by atoms with Crippen LogP contribution in [0.15, 0.2) is 56.9 Å². The SMILES string of the molecule is CO/C(C)=C1/NC(=O)C(C(C)O)NC(=O)c2csc(n2)-c2cc(O)c(-c3nc(CNCC(C)(C)N4CCOCC4)cs3)nc2-c2csc(n2)C2COC(=O)c3c4c5c(cccc5n3O)COC(=O)C(OC3CC(C)(O)C(N(C)C)C(C)O3)C(OC4)C(NC(=O)c3csc1n3)c1nc(cs1)C(=O)N2. The first-order valence-corrected chi connectivity index (χ1v) is 36.9. The Kier molecular flexibility index (Phi) is 20.8. The number of methoxy groups -OCH3 is 1. The standard InChI is InChI=1S/C66H74N14O17S5/c1-29(81)45-57(86)76-46(30(2)91-9)60-72-40(27-101-60)56(85)77-49-51-52(97-43-18-66(6,89)53(78(7)8)31(3)96-43)64(88)94-20-32-11-10-12-41-44(32)35(21-93-51)50(80(41)90)63(87)95-22-36(69-54(83)38-26-102-62(49)73-38)59-70-37(24-100-59)47-34(58-71-39(25-99-58)55(84)75-45)17-42(82)48(74-47)61-68-33(23-98-61)19-67-28-65(4,5)79-13-15-92-16-14-79/h10-12,17,23-27,29,31,36,43,45,49,51-53,67,81-82,89-90H,13-16,18-22,28H2,1-9H3,(H,69,83)(H,75,84)(H,76,86)(H,77,85)/b46-30+. The van der Waals surface area contributed by atoms with E-state index in [-0.39, 0.29) is 105 Å². The molecule has 2 saturated heterocycles. The zero-order chi connectivity index (χ0) is 72.2.